The molecule has 4 rings (SSSR count). The average molecular weight is 533 g/mol. The fourth-order valence-corrected chi connectivity index (χ4v) is 5.74. The summed E-state index contributed by atoms with van der Waals surface area (Å²) < 4.78 is 53.2. The third-order valence-electron chi connectivity index (χ3n) is 5.82. The molecule has 1 N–H and O–H groups in total. The first-order valence-corrected chi connectivity index (χ1v) is 13.0. The molecule has 3 aromatic carbocycles. The summed E-state index contributed by atoms with van der Waals surface area (Å²) in [7, 11) is -2.62. The summed E-state index contributed by atoms with van der Waals surface area (Å²) >= 11 is 5.94. The second-order valence-corrected chi connectivity index (χ2v) is 11.3. The van der Waals surface area contributed by atoms with E-state index in [1.54, 1.807) is 43.5 Å². The zero-order chi connectivity index (χ0) is 26.1. The number of nitrogens with one attached hydrogen (secondary N) is 1. The van der Waals surface area contributed by atoms with Crippen LogP contribution in [0.5, 0.6) is 11.5 Å². The van der Waals surface area contributed by atoms with Gasteiger partial charge in [0.2, 0.25) is 5.91 Å². The molecule has 0 spiro atoms. The monoisotopic (exact) mass is 532 g/mol. The van der Waals surface area contributed by atoms with Gasteiger partial charge in [-0.1, -0.05) is 29.8 Å². The van der Waals surface area contributed by atoms with Gasteiger partial charge >= 0.3 is 0 Å². The summed E-state index contributed by atoms with van der Waals surface area (Å²) in [5.41, 5.74) is 0.221. The van der Waals surface area contributed by atoms with Crippen LogP contribution in [0.15, 0.2) is 71.6 Å². The molecular formula is C26H26ClFN2O5S. The molecule has 7 nitrogen and oxygen atoms in total. The lowest BCUT2D eigenvalue weighted by atomic mass is 9.89. The molecule has 1 atom stereocenters. The van der Waals surface area contributed by atoms with Crippen molar-refractivity contribution in [3.63, 3.8) is 0 Å². The number of halogens is 2. The van der Waals surface area contributed by atoms with Crippen molar-refractivity contribution in [2.45, 2.75) is 36.8 Å². The number of carbonyl (C=O) groups is 1. The molecule has 1 amide bonds. The van der Waals surface area contributed by atoms with Crippen LogP contribution < -0.4 is 19.1 Å². The van der Waals surface area contributed by atoms with Gasteiger partial charge in [0.1, 0.15) is 29.5 Å². The zero-order valence-electron chi connectivity index (χ0n) is 20.0. The quantitative estimate of drug-likeness (QED) is 0.457. The van der Waals surface area contributed by atoms with Crippen LogP contribution in [0.25, 0.3) is 0 Å². The zero-order valence-corrected chi connectivity index (χ0v) is 21.6. The predicted molar refractivity (Wildman–Crippen MR) is 136 cm³/mol. The Labute approximate surface area is 214 Å². The number of sulfonamides is 1. The normalized spacial score (nSPS) is 16.4. The summed E-state index contributed by atoms with van der Waals surface area (Å²) in [4.78, 5) is 13.3. The molecule has 0 aromatic heterocycles. The number of rotatable bonds is 7. The van der Waals surface area contributed by atoms with Crippen LogP contribution in [0.4, 0.5) is 10.1 Å². The molecule has 1 unspecified atom stereocenters. The van der Waals surface area contributed by atoms with Gasteiger partial charge in [-0.25, -0.2) is 12.8 Å². The van der Waals surface area contributed by atoms with Crippen LogP contribution in [0, 0.1) is 5.82 Å². The molecular weight excluding hydrogens is 507 g/mol. The Balaban J connectivity index is 1.67. The van der Waals surface area contributed by atoms with Crippen LogP contribution in [0.1, 0.15) is 31.9 Å². The van der Waals surface area contributed by atoms with Gasteiger partial charge in [0.15, 0.2) is 0 Å². The SMILES string of the molecule is COc1ccc2c(c1)C(NC(=O)CN(c1ccc(F)c(Cl)c1)S(=O)(=O)c1ccccc1)CC(C)(C)O2. The van der Waals surface area contributed by atoms with Gasteiger partial charge in [0.05, 0.1) is 28.8 Å². The van der Waals surface area contributed by atoms with Crippen molar-refractivity contribution < 1.29 is 27.1 Å². The topological polar surface area (TPSA) is 84.9 Å². The van der Waals surface area contributed by atoms with E-state index < -0.39 is 39.9 Å². The van der Waals surface area contributed by atoms with Gasteiger partial charge in [-0.05, 0) is 62.4 Å². The molecule has 190 valence electrons. The highest BCUT2D eigenvalue weighted by atomic mass is 35.5. The third kappa shape index (κ3) is 5.42. The fraction of sp³-hybridized carbons (Fsp3) is 0.269. The average Bonchev–Trinajstić information content (AvgIpc) is 2.84. The number of hydrogen-bond acceptors (Lipinski definition) is 5. The number of hydrogen-bond donors (Lipinski definition) is 1. The van der Waals surface area contributed by atoms with Crippen molar-refractivity contribution in [1.29, 1.82) is 0 Å². The van der Waals surface area contributed by atoms with Gasteiger partial charge in [0, 0.05) is 12.0 Å². The van der Waals surface area contributed by atoms with Crippen molar-refractivity contribution in [2.75, 3.05) is 18.0 Å². The predicted octanol–water partition coefficient (Wildman–Crippen LogP) is 5.10. The number of amides is 1. The molecule has 0 saturated heterocycles. The summed E-state index contributed by atoms with van der Waals surface area (Å²) in [6.45, 7) is 3.27. The van der Waals surface area contributed by atoms with Crippen LogP contribution in [-0.4, -0.2) is 33.6 Å². The number of nitrogens with zero attached hydrogens (tertiary/aromatic N) is 1. The third-order valence-corrected chi connectivity index (χ3v) is 7.90. The maximum Gasteiger partial charge on any atom is 0.264 e. The molecule has 10 heteroatoms. The number of fused-ring (bicyclic) bond motifs is 1. The summed E-state index contributed by atoms with van der Waals surface area (Å²) in [5.74, 6) is -0.0367. The Kier molecular flexibility index (Phi) is 7.15. The van der Waals surface area contributed by atoms with Crippen molar-refractivity contribution in [2.24, 2.45) is 0 Å². The van der Waals surface area contributed by atoms with Gasteiger partial charge in [0.25, 0.3) is 10.0 Å². The van der Waals surface area contributed by atoms with Crippen LogP contribution in [0.2, 0.25) is 5.02 Å². The highest BCUT2D eigenvalue weighted by molar-refractivity contribution is 7.92. The van der Waals surface area contributed by atoms with Gasteiger partial charge in [-0.3, -0.25) is 9.10 Å². The number of ether oxygens (including phenoxy) is 2. The minimum absolute atomic E-state index is 0.0134. The lowest BCUT2D eigenvalue weighted by molar-refractivity contribution is -0.120. The molecule has 1 aliphatic heterocycles. The van der Waals surface area contributed by atoms with Crippen molar-refractivity contribution >= 4 is 33.2 Å². The molecule has 0 radical (unpaired) electrons. The smallest absolute Gasteiger partial charge is 0.264 e. The molecule has 3 aromatic rings. The van der Waals surface area contributed by atoms with Crippen molar-refractivity contribution in [3.8, 4) is 11.5 Å². The minimum Gasteiger partial charge on any atom is -0.497 e. The molecule has 1 heterocycles. The van der Waals surface area contributed by atoms with Crippen LogP contribution >= 0.6 is 11.6 Å². The maximum absolute atomic E-state index is 13.8. The second-order valence-electron chi connectivity index (χ2n) is 9.01. The first-order valence-electron chi connectivity index (χ1n) is 11.2. The maximum atomic E-state index is 13.8. The number of carbonyl (C=O) groups excluding carboxylic acids is 1. The Morgan fingerprint density at radius 3 is 2.56 bits per heavy atom. The molecule has 1 aliphatic rings. The second kappa shape index (κ2) is 9.99. The van der Waals surface area contributed by atoms with E-state index in [2.05, 4.69) is 5.32 Å². The van der Waals surface area contributed by atoms with E-state index in [4.69, 9.17) is 21.1 Å². The molecule has 36 heavy (non-hydrogen) atoms. The minimum atomic E-state index is -4.17. The first kappa shape index (κ1) is 25.8. The molecule has 0 aliphatic carbocycles. The highest BCUT2D eigenvalue weighted by Gasteiger charge is 2.36. The number of anilines is 1. The largest absolute Gasteiger partial charge is 0.497 e. The van der Waals surface area contributed by atoms with Crippen LogP contribution in [-0.2, 0) is 14.8 Å². The van der Waals surface area contributed by atoms with E-state index in [-0.39, 0.29) is 15.6 Å². The van der Waals surface area contributed by atoms with Gasteiger partial charge < -0.3 is 14.8 Å². The summed E-state index contributed by atoms with van der Waals surface area (Å²) in [6.07, 6.45) is 0.451. The summed E-state index contributed by atoms with van der Waals surface area (Å²) in [6, 6.07) is 16.1. The first-order chi connectivity index (χ1) is 17.0. The van der Waals surface area contributed by atoms with E-state index in [0.717, 1.165) is 15.9 Å². The van der Waals surface area contributed by atoms with Crippen LogP contribution in [0.3, 0.4) is 0 Å². The highest BCUT2D eigenvalue weighted by Crippen LogP contribution is 2.41. The standard InChI is InChI=1S/C26H26ClFN2O5S/c1-26(2)15-23(20-14-18(34-3)10-12-24(20)35-26)29-25(31)16-30(17-9-11-22(28)21(27)13-17)36(32,33)19-7-5-4-6-8-19/h4-14,23H,15-16H2,1-3H3,(H,29,31). The van der Waals surface area contributed by atoms with Gasteiger partial charge in [-0.2, -0.15) is 0 Å². The van der Waals surface area contributed by atoms with E-state index in [9.17, 15) is 17.6 Å². The molecule has 0 saturated carbocycles. The number of methoxy groups -OCH3 is 1. The molecule has 0 bridgehead atoms. The fourth-order valence-electron chi connectivity index (χ4n) is 4.13. The Hall–Kier alpha value is -3.30. The molecule has 0 fully saturated rings. The summed E-state index contributed by atoms with van der Waals surface area (Å²) in [5, 5.41) is 2.69. The lowest BCUT2D eigenvalue weighted by Crippen LogP contribution is -2.45. The van der Waals surface area contributed by atoms with E-state index >= 15 is 0 Å². The van der Waals surface area contributed by atoms with E-state index in [1.165, 1.54) is 24.3 Å². The van der Waals surface area contributed by atoms with Gasteiger partial charge in [-0.15, -0.1) is 0 Å². The van der Waals surface area contributed by atoms with Crippen molar-refractivity contribution in [3.05, 3.63) is 83.1 Å². The Morgan fingerprint density at radius 1 is 1.17 bits per heavy atom. The Bertz CT molecular complexity index is 1380. The number of benzene rings is 3. The van der Waals surface area contributed by atoms with Crippen molar-refractivity contribution in [1.82, 2.24) is 5.32 Å². The Morgan fingerprint density at radius 2 is 1.89 bits per heavy atom. The lowest BCUT2D eigenvalue weighted by Gasteiger charge is -2.38. The van der Waals surface area contributed by atoms with E-state index in [0.29, 0.717) is 17.9 Å². The van der Waals surface area contributed by atoms with E-state index in [1.807, 2.05) is 13.8 Å².